The van der Waals surface area contributed by atoms with E-state index < -0.39 is 0 Å². The Hall–Kier alpha value is -1.99. The molecule has 0 atom stereocenters. The van der Waals surface area contributed by atoms with Crippen LogP contribution in [0.15, 0.2) is 47.5 Å². The Morgan fingerprint density at radius 2 is 0.356 bits per heavy atom. The first kappa shape index (κ1) is 102. The van der Waals surface area contributed by atoms with Crippen LogP contribution in [-0.4, -0.2) is 4.70 Å². The number of hydrogen-bond donors (Lipinski definition) is 0. The van der Waals surface area contributed by atoms with Crippen LogP contribution in [0, 0.1) is 13.8 Å². The quantitative estimate of drug-likeness (QED) is 0.0273. The summed E-state index contributed by atoms with van der Waals surface area (Å²) in [6, 6.07) is 14.5. The molecule has 0 spiro atoms. The van der Waals surface area contributed by atoms with Gasteiger partial charge in [-0.1, -0.05) is 459 Å². The Morgan fingerprint density at radius 1 is 0.202 bits per heavy atom. The van der Waals surface area contributed by atoms with Crippen LogP contribution in [0.3, 0.4) is 0 Å². The third kappa shape index (κ3) is 58.9. The minimum atomic E-state index is 0. The maximum Gasteiger partial charge on any atom is 2.00 e. The van der Waals surface area contributed by atoms with E-state index in [1.54, 1.807) is 4.70 Å². The number of benzene rings is 2. The van der Waals surface area contributed by atoms with Crippen molar-refractivity contribution in [1.29, 1.82) is 0 Å². The van der Waals surface area contributed by atoms with Gasteiger partial charge < -0.3 is 19.4 Å². The van der Waals surface area contributed by atoms with Gasteiger partial charge in [-0.15, -0.1) is 0 Å². The van der Waals surface area contributed by atoms with Crippen LogP contribution in [0.4, 0.5) is 0 Å². The van der Waals surface area contributed by atoms with E-state index in [2.05, 4.69) is 106 Å². The van der Waals surface area contributed by atoms with Crippen LogP contribution in [0.5, 0.6) is 0 Å². The molecule has 0 aromatic heterocycles. The van der Waals surface area contributed by atoms with Gasteiger partial charge in [0.25, 0.3) is 0 Å². The predicted molar refractivity (Wildman–Crippen MR) is 469 cm³/mol. The van der Waals surface area contributed by atoms with Crippen molar-refractivity contribution in [3.63, 3.8) is 0 Å². The van der Waals surface area contributed by atoms with Crippen molar-refractivity contribution in [3.05, 3.63) is 100 Å². The van der Waals surface area contributed by atoms with Gasteiger partial charge in [-0.25, -0.2) is 4.70 Å². The molecule has 1 heterocycles. The van der Waals surface area contributed by atoms with Crippen LogP contribution in [-0.2, 0) is 42.2 Å². The Balaban J connectivity index is 0.00000159. The third-order valence-electron chi connectivity index (χ3n) is 22.8. The second-order valence-electron chi connectivity index (χ2n) is 33.1. The largest absolute Gasteiger partial charge is 2.00 e. The van der Waals surface area contributed by atoms with Gasteiger partial charge in [0, 0.05) is 22.3 Å². The molecule has 0 bridgehead atoms. The van der Waals surface area contributed by atoms with Gasteiger partial charge in [0.05, 0.1) is 0 Å². The van der Waals surface area contributed by atoms with Gasteiger partial charge in [-0.2, -0.15) is 12.8 Å². The minimum Gasteiger partial charge on any atom is -0.493 e. The van der Waals surface area contributed by atoms with E-state index in [0.29, 0.717) is 0 Å². The van der Waals surface area contributed by atoms with Gasteiger partial charge in [0.2, 0.25) is 11.4 Å². The minimum absolute atomic E-state index is 0. The molecule has 2 nitrogen and oxygen atoms in total. The molecule has 0 N–H and O–H groups in total. The first-order chi connectivity index (χ1) is 50.8. The van der Waals surface area contributed by atoms with Crippen LogP contribution in [0.1, 0.15) is 545 Å². The number of aryl methyl sites for hydroxylation is 4. The van der Waals surface area contributed by atoms with Crippen molar-refractivity contribution in [3.8, 4) is 0 Å². The molecule has 3 rings (SSSR count). The second-order valence-corrected chi connectivity index (χ2v) is 33.1. The molecule has 1 aliphatic heterocycles. The fourth-order valence-electron chi connectivity index (χ4n) is 16.0. The predicted octanol–water partition coefficient (Wildman–Crippen LogP) is 36.5. The standard InChI is InChI=1S/C43H66N2.2C29H59.Ni/c1-7-13-19-21-27-41-40(26-20-14-8-2)42(38-30-34(22-15-9-3)28-35(31-38)23-16-10-4)45(44)43(41)39-32-36(24-17-11-5)29-37(33-39)25-18-12-6;2*1-3-5-7-9-11-13-15-17-19-21-23-25-27-29-28-26-24-22-20-18-16-14-12-10-8-6-4-2;/h28-33H,7-27H2,1-6H3;2*1,3-29H2,2H3;/q;2*-1;+2. The van der Waals surface area contributed by atoms with Crippen LogP contribution in [0.25, 0.3) is 16.9 Å². The fourth-order valence-corrected chi connectivity index (χ4v) is 16.0. The molecule has 2 aromatic carbocycles. The summed E-state index contributed by atoms with van der Waals surface area (Å²) in [7, 11) is 0. The normalized spacial score (nSPS) is 12.2. The monoisotopic (exact) mass is 1480 g/mol. The molecular weight excluding hydrogens is 1300 g/mol. The summed E-state index contributed by atoms with van der Waals surface area (Å²) in [5.74, 6) is 0. The summed E-state index contributed by atoms with van der Waals surface area (Å²) in [4.78, 5) is 0. The molecule has 104 heavy (non-hydrogen) atoms. The second kappa shape index (κ2) is 80.5. The Bertz CT molecular complexity index is 2020. The molecule has 0 fully saturated rings. The maximum absolute atomic E-state index is 12.4. The van der Waals surface area contributed by atoms with Crippen molar-refractivity contribution in [2.24, 2.45) is 0 Å². The van der Waals surface area contributed by atoms with Crippen LogP contribution >= 0.6 is 0 Å². The molecule has 0 aliphatic carbocycles. The number of rotatable bonds is 75. The SMILES string of the molecule is CCCCCCC1=C(c2cc(CCCC)cc(CCCC)c2)[N+](=[N-])C(c2cc(CCCC)cc(CCCC)c2)=C1CCCCC.[CH2-]CCCCCCCCCCCCCCCCCCCCCCCCCCCC.[CH2-]CCCCCCCCCCCCCCCCCCCCCCCCCCCC.[Ni+2]. The maximum atomic E-state index is 12.4. The third-order valence-corrected chi connectivity index (χ3v) is 22.8. The average Bonchev–Trinajstić information content (AvgIpc) is 1.60. The summed E-state index contributed by atoms with van der Waals surface area (Å²) < 4.78 is 1.65. The Labute approximate surface area is 665 Å². The van der Waals surface area contributed by atoms with Crippen molar-refractivity contribution in [2.75, 3.05) is 0 Å². The van der Waals surface area contributed by atoms with E-state index >= 15 is 0 Å². The number of unbranched alkanes of at least 4 members (excludes halogenated alkanes) is 61. The van der Waals surface area contributed by atoms with Crippen LogP contribution in [0.2, 0.25) is 0 Å². The molecule has 2 aromatic rings. The topological polar surface area (TPSA) is 25.3 Å². The van der Waals surface area contributed by atoms with Gasteiger partial charge >= 0.3 is 16.5 Å². The molecule has 1 aliphatic rings. The van der Waals surface area contributed by atoms with E-state index in [-0.39, 0.29) is 16.5 Å². The molecule has 0 radical (unpaired) electrons. The van der Waals surface area contributed by atoms with E-state index in [1.165, 1.54) is 475 Å². The summed E-state index contributed by atoms with van der Waals surface area (Å²) in [6.07, 6.45) is 103. The molecule has 0 unspecified atom stereocenters. The zero-order chi connectivity index (χ0) is 74.6. The fraction of sp³-hybridized carbons (Fsp3) is 0.822. The zero-order valence-electron chi connectivity index (χ0n) is 72.1. The summed E-state index contributed by atoms with van der Waals surface area (Å²) in [6.45, 7) is 26.2. The Kier molecular flexibility index (Phi) is 79.0. The van der Waals surface area contributed by atoms with Crippen molar-refractivity contribution >= 4 is 11.4 Å². The first-order valence-corrected chi connectivity index (χ1v) is 47.6. The molecule has 0 amide bonds. The van der Waals surface area contributed by atoms with Crippen LogP contribution < -0.4 is 0 Å². The van der Waals surface area contributed by atoms with Crippen molar-refractivity contribution in [2.45, 2.75) is 537 Å². The van der Waals surface area contributed by atoms with Gasteiger partial charge in [-0.05, 0) is 124 Å². The van der Waals surface area contributed by atoms with E-state index in [0.717, 1.165) is 62.8 Å². The van der Waals surface area contributed by atoms with Gasteiger partial charge in [-0.3, -0.25) is 0 Å². The number of hydrogen-bond acceptors (Lipinski definition) is 0. The summed E-state index contributed by atoms with van der Waals surface area (Å²) in [5, 5.41) is 0. The number of nitrogens with zero attached hydrogens (tertiary/aromatic N) is 2. The molecule has 608 valence electrons. The molecule has 0 saturated heterocycles. The summed E-state index contributed by atoms with van der Waals surface area (Å²) >= 11 is 0. The van der Waals surface area contributed by atoms with Gasteiger partial charge in [0.15, 0.2) is 0 Å². The molecule has 3 heteroatoms. The van der Waals surface area contributed by atoms with E-state index in [1.807, 2.05) is 0 Å². The average molecular weight is 1490 g/mol. The summed E-state index contributed by atoms with van der Waals surface area (Å²) in [5.41, 5.74) is 25.5. The van der Waals surface area contributed by atoms with Crippen molar-refractivity contribution in [1.82, 2.24) is 0 Å². The van der Waals surface area contributed by atoms with E-state index in [4.69, 9.17) is 0 Å². The zero-order valence-corrected chi connectivity index (χ0v) is 73.1. The van der Waals surface area contributed by atoms with E-state index in [9.17, 15) is 5.53 Å². The van der Waals surface area contributed by atoms with Crippen molar-refractivity contribution < 1.29 is 21.2 Å². The first-order valence-electron chi connectivity index (χ1n) is 47.6. The molecule has 0 saturated carbocycles. The van der Waals surface area contributed by atoms with Gasteiger partial charge in [0.1, 0.15) is 0 Å². The molecular formula is C101H184N2Ni. The number of allylic oxidation sites excluding steroid dienone is 2. The smallest absolute Gasteiger partial charge is 0.493 e. The Morgan fingerprint density at radius 3 is 0.538 bits per heavy atom.